The summed E-state index contributed by atoms with van der Waals surface area (Å²) in [5.41, 5.74) is 0. The fourth-order valence-electron chi connectivity index (χ4n) is 2.48. The lowest BCUT2D eigenvalue weighted by molar-refractivity contribution is -0.141. The van der Waals surface area contributed by atoms with E-state index in [0.717, 1.165) is 30.8 Å². The van der Waals surface area contributed by atoms with E-state index in [1.165, 1.54) is 0 Å². The molecule has 2 aliphatic rings. The van der Waals surface area contributed by atoms with Gasteiger partial charge in [0.2, 0.25) is 0 Å². The van der Waals surface area contributed by atoms with Gasteiger partial charge >= 0.3 is 12.0 Å². The van der Waals surface area contributed by atoms with E-state index in [1.807, 2.05) is 18.7 Å². The van der Waals surface area contributed by atoms with Crippen LogP contribution in [0.2, 0.25) is 0 Å². The molecule has 7 heteroatoms. The third-order valence-electron chi connectivity index (χ3n) is 3.85. The molecule has 3 atom stereocenters. The highest BCUT2D eigenvalue weighted by Crippen LogP contribution is 2.45. The van der Waals surface area contributed by atoms with Crippen molar-refractivity contribution in [3.05, 3.63) is 0 Å². The second-order valence-electron chi connectivity index (χ2n) is 5.66. The summed E-state index contributed by atoms with van der Waals surface area (Å²) in [6.45, 7) is 4.10. The van der Waals surface area contributed by atoms with Crippen LogP contribution in [0.3, 0.4) is 0 Å². The molecule has 2 rings (SSSR count). The number of nitrogens with zero attached hydrogens (tertiary/aromatic N) is 1. The molecule has 2 N–H and O–H groups in total. The van der Waals surface area contributed by atoms with Gasteiger partial charge in [0.15, 0.2) is 0 Å². The SMILES string of the molecule is CCSCCC(C)NC(=O)N1C(C(=O)O)CSC1C1CC1. The van der Waals surface area contributed by atoms with E-state index < -0.39 is 12.0 Å². The number of rotatable bonds is 7. The fraction of sp³-hybridized carbons (Fsp3) is 0.857. The third-order valence-corrected chi connectivity index (χ3v) is 6.24. The molecule has 0 spiro atoms. The van der Waals surface area contributed by atoms with E-state index in [4.69, 9.17) is 0 Å². The summed E-state index contributed by atoms with van der Waals surface area (Å²) < 4.78 is 0. The van der Waals surface area contributed by atoms with Crippen LogP contribution in [0.4, 0.5) is 4.79 Å². The lowest BCUT2D eigenvalue weighted by Crippen LogP contribution is -2.52. The predicted octanol–water partition coefficient (Wildman–Crippen LogP) is 2.47. The molecule has 21 heavy (non-hydrogen) atoms. The van der Waals surface area contributed by atoms with Crippen molar-refractivity contribution in [3.8, 4) is 0 Å². The number of carbonyl (C=O) groups is 2. The van der Waals surface area contributed by atoms with Gasteiger partial charge in [-0.15, -0.1) is 11.8 Å². The van der Waals surface area contributed by atoms with Crippen molar-refractivity contribution in [3.63, 3.8) is 0 Å². The summed E-state index contributed by atoms with van der Waals surface area (Å²) in [6, 6.07) is -0.812. The Bertz CT molecular complexity index is 390. The van der Waals surface area contributed by atoms with Crippen LogP contribution >= 0.6 is 23.5 Å². The number of carboxylic acids is 1. The highest BCUT2D eigenvalue weighted by atomic mass is 32.2. The maximum Gasteiger partial charge on any atom is 0.327 e. The lowest BCUT2D eigenvalue weighted by Gasteiger charge is -2.29. The first kappa shape index (κ1) is 16.8. The number of hydrogen-bond acceptors (Lipinski definition) is 4. The number of carbonyl (C=O) groups excluding carboxylic acids is 1. The Morgan fingerprint density at radius 2 is 2.19 bits per heavy atom. The zero-order chi connectivity index (χ0) is 15.4. The zero-order valence-corrected chi connectivity index (χ0v) is 14.2. The maximum absolute atomic E-state index is 12.5. The molecule has 0 radical (unpaired) electrons. The first-order chi connectivity index (χ1) is 10.0. The average Bonchev–Trinajstić information content (AvgIpc) is 3.16. The Hall–Kier alpha value is -0.560. The van der Waals surface area contributed by atoms with Crippen LogP contribution < -0.4 is 5.32 Å². The summed E-state index contributed by atoms with van der Waals surface area (Å²) in [7, 11) is 0. The molecule has 5 nitrogen and oxygen atoms in total. The van der Waals surface area contributed by atoms with Crippen LogP contribution in [0.5, 0.6) is 0 Å². The van der Waals surface area contributed by atoms with Crippen LogP contribution in [-0.2, 0) is 4.79 Å². The first-order valence-electron chi connectivity index (χ1n) is 7.55. The monoisotopic (exact) mass is 332 g/mol. The standard InChI is InChI=1S/C14H24N2O3S2/c1-3-20-7-6-9(2)15-14(19)16-11(13(17)18)8-21-12(16)10-4-5-10/h9-12H,3-8H2,1-2H3,(H,15,19)(H,17,18). The quantitative estimate of drug-likeness (QED) is 0.701. The largest absolute Gasteiger partial charge is 0.480 e. The van der Waals surface area contributed by atoms with Crippen LogP contribution in [0.15, 0.2) is 0 Å². The Morgan fingerprint density at radius 1 is 1.48 bits per heavy atom. The first-order valence-corrected chi connectivity index (χ1v) is 9.76. The molecular weight excluding hydrogens is 308 g/mol. The molecule has 1 aliphatic heterocycles. The number of carboxylic acid groups (broad SMARTS) is 1. The second-order valence-corrected chi connectivity index (χ2v) is 8.20. The molecule has 2 fully saturated rings. The molecule has 1 saturated heterocycles. The molecule has 120 valence electrons. The van der Waals surface area contributed by atoms with Crippen LogP contribution in [0, 0.1) is 5.92 Å². The highest BCUT2D eigenvalue weighted by Gasteiger charge is 2.48. The highest BCUT2D eigenvalue weighted by molar-refractivity contribution is 8.00. The van der Waals surface area contributed by atoms with Gasteiger partial charge in [-0.3, -0.25) is 4.90 Å². The number of nitrogens with one attached hydrogen (secondary N) is 1. The molecule has 1 aliphatic carbocycles. The van der Waals surface area contributed by atoms with Crippen molar-refractivity contribution >= 4 is 35.5 Å². The van der Waals surface area contributed by atoms with Crippen LogP contribution in [0.1, 0.15) is 33.1 Å². The Balaban J connectivity index is 1.91. The van der Waals surface area contributed by atoms with Gasteiger partial charge in [0, 0.05) is 11.8 Å². The normalized spacial score (nSPS) is 26.7. The number of amides is 2. The Labute approximate surface area is 134 Å². The van der Waals surface area contributed by atoms with Crippen molar-refractivity contribution in [1.82, 2.24) is 10.2 Å². The van der Waals surface area contributed by atoms with Gasteiger partial charge in [0.05, 0.1) is 5.37 Å². The second kappa shape index (κ2) is 7.63. The molecule has 0 aromatic heterocycles. The molecule has 1 saturated carbocycles. The summed E-state index contributed by atoms with van der Waals surface area (Å²) in [5, 5.41) is 12.3. The molecule has 1 heterocycles. The summed E-state index contributed by atoms with van der Waals surface area (Å²) in [6.07, 6.45) is 3.13. The molecular formula is C14H24N2O3S2. The minimum absolute atomic E-state index is 0.0447. The Morgan fingerprint density at radius 3 is 2.76 bits per heavy atom. The number of thioether (sulfide) groups is 2. The van der Waals surface area contributed by atoms with Crippen molar-refractivity contribution in [2.75, 3.05) is 17.3 Å². The summed E-state index contributed by atoms with van der Waals surface area (Å²) in [4.78, 5) is 25.4. The minimum Gasteiger partial charge on any atom is -0.480 e. The summed E-state index contributed by atoms with van der Waals surface area (Å²) >= 11 is 3.47. The zero-order valence-electron chi connectivity index (χ0n) is 12.6. The number of aliphatic carboxylic acids is 1. The number of urea groups is 1. The van der Waals surface area contributed by atoms with Gasteiger partial charge < -0.3 is 10.4 Å². The lowest BCUT2D eigenvalue weighted by atomic mass is 10.2. The molecule has 0 aromatic rings. The predicted molar refractivity (Wildman–Crippen MR) is 87.8 cm³/mol. The average molecular weight is 332 g/mol. The molecule has 3 unspecified atom stereocenters. The van der Waals surface area contributed by atoms with Gasteiger partial charge in [0.1, 0.15) is 6.04 Å². The van der Waals surface area contributed by atoms with Gasteiger partial charge in [-0.25, -0.2) is 9.59 Å². The van der Waals surface area contributed by atoms with Crippen molar-refractivity contribution < 1.29 is 14.7 Å². The molecule has 0 bridgehead atoms. The van der Waals surface area contributed by atoms with Crippen molar-refractivity contribution in [2.45, 2.75) is 50.6 Å². The van der Waals surface area contributed by atoms with Gasteiger partial charge in [-0.2, -0.15) is 11.8 Å². The minimum atomic E-state index is -0.894. The topological polar surface area (TPSA) is 69.6 Å². The van der Waals surface area contributed by atoms with Crippen LogP contribution in [-0.4, -0.2) is 56.7 Å². The molecule has 0 aromatic carbocycles. The van der Waals surface area contributed by atoms with Crippen LogP contribution in [0.25, 0.3) is 0 Å². The smallest absolute Gasteiger partial charge is 0.327 e. The van der Waals surface area contributed by atoms with E-state index in [2.05, 4.69) is 12.2 Å². The van der Waals surface area contributed by atoms with Gasteiger partial charge in [-0.05, 0) is 43.6 Å². The van der Waals surface area contributed by atoms with E-state index in [0.29, 0.717) is 11.7 Å². The van der Waals surface area contributed by atoms with E-state index in [-0.39, 0.29) is 17.4 Å². The van der Waals surface area contributed by atoms with Crippen molar-refractivity contribution in [2.24, 2.45) is 5.92 Å². The third kappa shape index (κ3) is 4.45. The molecule has 2 amide bonds. The summed E-state index contributed by atoms with van der Waals surface area (Å²) in [5.74, 6) is 2.19. The Kier molecular flexibility index (Phi) is 6.10. The maximum atomic E-state index is 12.5. The van der Waals surface area contributed by atoms with Crippen molar-refractivity contribution in [1.29, 1.82) is 0 Å². The fourth-order valence-corrected chi connectivity index (χ4v) is 4.92. The van der Waals surface area contributed by atoms with E-state index in [9.17, 15) is 14.7 Å². The van der Waals surface area contributed by atoms with Gasteiger partial charge in [0.25, 0.3) is 0 Å². The number of hydrogen-bond donors (Lipinski definition) is 2. The van der Waals surface area contributed by atoms with E-state index in [1.54, 1.807) is 16.7 Å². The van der Waals surface area contributed by atoms with Gasteiger partial charge in [-0.1, -0.05) is 6.92 Å². The van der Waals surface area contributed by atoms with E-state index >= 15 is 0 Å².